The van der Waals surface area contributed by atoms with Crippen molar-refractivity contribution in [2.75, 3.05) is 35.9 Å². The topological polar surface area (TPSA) is 122 Å². The molecule has 0 atom stereocenters. The highest BCUT2D eigenvalue weighted by Crippen LogP contribution is 2.28. The first-order valence-corrected chi connectivity index (χ1v) is 16.6. The lowest BCUT2D eigenvalue weighted by molar-refractivity contribution is 0.0758. The average molecular weight is 590 g/mol. The molecule has 4 rings (SSSR count). The van der Waals surface area contributed by atoms with E-state index in [0.29, 0.717) is 35.0 Å². The maximum atomic E-state index is 13.3. The molecule has 0 spiro atoms. The summed E-state index contributed by atoms with van der Waals surface area (Å²) in [7, 11) is -6.42. The van der Waals surface area contributed by atoms with Gasteiger partial charge in [0.05, 0.1) is 22.5 Å². The Bertz CT molecular complexity index is 1520. The minimum absolute atomic E-state index is 0.0316. The van der Waals surface area contributed by atoms with E-state index in [4.69, 9.17) is 4.74 Å². The van der Waals surface area contributed by atoms with E-state index in [-0.39, 0.29) is 21.4 Å². The van der Waals surface area contributed by atoms with Crippen molar-refractivity contribution in [3.05, 3.63) is 72.3 Å². The monoisotopic (exact) mass is 589 g/mol. The number of carbonyl (C=O) groups excluding carboxylic acids is 1. The second kappa shape index (κ2) is 12.3. The molecule has 0 radical (unpaired) electrons. The third-order valence-electron chi connectivity index (χ3n) is 6.36. The molecule has 0 aliphatic carbocycles. The molecule has 0 aromatic heterocycles. The molecule has 1 aliphatic heterocycles. The lowest BCUT2D eigenvalue weighted by Crippen LogP contribution is -2.32. The molecule has 1 heterocycles. The van der Waals surface area contributed by atoms with Gasteiger partial charge in [-0.1, -0.05) is 12.8 Å². The first-order chi connectivity index (χ1) is 18.6. The summed E-state index contributed by atoms with van der Waals surface area (Å²) in [5, 5.41) is 0. The summed E-state index contributed by atoms with van der Waals surface area (Å²) >= 11 is 1.39. The molecule has 39 heavy (non-hydrogen) atoms. The third-order valence-corrected chi connectivity index (χ3v) is 9.94. The molecular weight excluding hydrogens is 559 g/mol. The summed E-state index contributed by atoms with van der Waals surface area (Å²) in [6.07, 6.45) is 5.87. The Morgan fingerprint density at radius 3 is 1.82 bits per heavy atom. The van der Waals surface area contributed by atoms with E-state index >= 15 is 0 Å². The maximum absolute atomic E-state index is 13.3. The largest absolute Gasteiger partial charge is 0.497 e. The number of sulfonamides is 2. The van der Waals surface area contributed by atoms with E-state index in [2.05, 4.69) is 9.44 Å². The van der Waals surface area contributed by atoms with Gasteiger partial charge in [-0.2, -0.15) is 0 Å². The summed E-state index contributed by atoms with van der Waals surface area (Å²) < 4.78 is 62.0. The van der Waals surface area contributed by atoms with Crippen LogP contribution >= 0.6 is 11.8 Å². The molecule has 0 saturated carbocycles. The molecule has 12 heteroatoms. The van der Waals surface area contributed by atoms with Crippen LogP contribution in [0.5, 0.6) is 5.75 Å². The zero-order valence-electron chi connectivity index (χ0n) is 21.7. The molecule has 208 valence electrons. The second-order valence-electron chi connectivity index (χ2n) is 9.03. The Morgan fingerprint density at radius 1 is 0.769 bits per heavy atom. The zero-order chi connectivity index (χ0) is 28.0. The van der Waals surface area contributed by atoms with Crippen LogP contribution in [0.4, 0.5) is 11.4 Å². The Hall–Kier alpha value is -3.22. The van der Waals surface area contributed by atoms with Crippen LogP contribution in [0.1, 0.15) is 36.0 Å². The molecule has 1 amide bonds. The molecule has 9 nitrogen and oxygen atoms in total. The molecule has 3 aromatic rings. The molecule has 1 aliphatic rings. The van der Waals surface area contributed by atoms with E-state index in [1.807, 2.05) is 6.26 Å². The molecule has 0 bridgehead atoms. The predicted molar refractivity (Wildman–Crippen MR) is 154 cm³/mol. The summed E-state index contributed by atoms with van der Waals surface area (Å²) in [5.41, 5.74) is 0.908. The van der Waals surface area contributed by atoms with E-state index in [1.54, 1.807) is 35.2 Å². The highest BCUT2D eigenvalue weighted by molar-refractivity contribution is 7.98. The highest BCUT2D eigenvalue weighted by Gasteiger charge is 2.24. The van der Waals surface area contributed by atoms with Crippen molar-refractivity contribution in [1.29, 1.82) is 0 Å². The Balaban J connectivity index is 1.51. The van der Waals surface area contributed by atoms with Crippen molar-refractivity contribution >= 4 is 49.1 Å². The number of nitrogens with one attached hydrogen (secondary N) is 2. The van der Waals surface area contributed by atoms with Crippen LogP contribution in [0.3, 0.4) is 0 Å². The van der Waals surface area contributed by atoms with E-state index in [1.165, 1.54) is 55.3 Å². The van der Waals surface area contributed by atoms with Gasteiger partial charge < -0.3 is 9.64 Å². The van der Waals surface area contributed by atoms with E-state index < -0.39 is 20.0 Å². The number of carbonyl (C=O) groups is 1. The number of thioether (sulfide) groups is 1. The van der Waals surface area contributed by atoms with Crippen molar-refractivity contribution in [2.24, 2.45) is 0 Å². The van der Waals surface area contributed by atoms with Gasteiger partial charge in [-0.25, -0.2) is 16.8 Å². The summed E-state index contributed by atoms with van der Waals surface area (Å²) in [6.45, 7) is 1.31. The summed E-state index contributed by atoms with van der Waals surface area (Å²) in [5.74, 6) is 0.424. The Kier molecular flexibility index (Phi) is 9.08. The van der Waals surface area contributed by atoms with Crippen LogP contribution in [0.25, 0.3) is 0 Å². The molecule has 2 N–H and O–H groups in total. The van der Waals surface area contributed by atoms with Crippen LogP contribution in [0.2, 0.25) is 0 Å². The number of hydrogen-bond donors (Lipinski definition) is 2. The number of rotatable bonds is 9. The number of anilines is 2. The van der Waals surface area contributed by atoms with Crippen LogP contribution < -0.4 is 14.2 Å². The maximum Gasteiger partial charge on any atom is 0.261 e. The lowest BCUT2D eigenvalue weighted by atomic mass is 10.2. The zero-order valence-corrected chi connectivity index (χ0v) is 24.2. The quantitative estimate of drug-likeness (QED) is 0.336. The van der Waals surface area contributed by atoms with Crippen molar-refractivity contribution in [1.82, 2.24) is 4.90 Å². The second-order valence-corrected chi connectivity index (χ2v) is 13.2. The SMILES string of the molecule is COc1ccc(NS(=O)(=O)c2ccc(NS(=O)(=O)c3ccc(SC)c(C(=O)N4CCCCCC4)c3)cc2)cc1. The van der Waals surface area contributed by atoms with E-state index in [9.17, 15) is 21.6 Å². The van der Waals surface area contributed by atoms with Crippen molar-refractivity contribution in [3.63, 3.8) is 0 Å². The van der Waals surface area contributed by atoms with Gasteiger partial charge in [0.15, 0.2) is 0 Å². The number of amides is 1. The average Bonchev–Trinajstić information content (AvgIpc) is 3.22. The number of hydrogen-bond acceptors (Lipinski definition) is 7. The fraction of sp³-hybridized carbons (Fsp3) is 0.296. The molecule has 3 aromatic carbocycles. The molecule has 1 saturated heterocycles. The first-order valence-electron chi connectivity index (χ1n) is 12.4. The number of benzene rings is 3. The van der Waals surface area contributed by atoms with Gasteiger partial charge in [0, 0.05) is 29.4 Å². The van der Waals surface area contributed by atoms with Crippen LogP contribution in [0.15, 0.2) is 81.4 Å². The van der Waals surface area contributed by atoms with Crippen LogP contribution in [-0.4, -0.2) is 54.1 Å². The minimum Gasteiger partial charge on any atom is -0.497 e. The fourth-order valence-corrected chi connectivity index (χ4v) is 6.97. The number of ether oxygens (including phenoxy) is 1. The number of nitrogens with zero attached hydrogens (tertiary/aromatic N) is 1. The number of likely N-dealkylation sites (tertiary alicyclic amines) is 1. The Morgan fingerprint density at radius 2 is 1.28 bits per heavy atom. The van der Waals surface area contributed by atoms with Crippen LogP contribution in [0, 0.1) is 0 Å². The van der Waals surface area contributed by atoms with Gasteiger partial charge in [0.2, 0.25) is 0 Å². The van der Waals surface area contributed by atoms with Gasteiger partial charge in [0.1, 0.15) is 5.75 Å². The molecule has 0 unspecified atom stereocenters. The summed E-state index contributed by atoms with van der Waals surface area (Å²) in [4.78, 5) is 15.7. The van der Waals surface area contributed by atoms with Crippen LogP contribution in [-0.2, 0) is 20.0 Å². The van der Waals surface area contributed by atoms with Crippen molar-refractivity contribution in [3.8, 4) is 5.75 Å². The van der Waals surface area contributed by atoms with Gasteiger partial charge >= 0.3 is 0 Å². The molecule has 1 fully saturated rings. The van der Waals surface area contributed by atoms with E-state index in [0.717, 1.165) is 25.7 Å². The lowest BCUT2D eigenvalue weighted by Gasteiger charge is -2.22. The van der Waals surface area contributed by atoms with Gasteiger partial charge in [-0.3, -0.25) is 14.2 Å². The normalized spacial score (nSPS) is 14.4. The fourth-order valence-electron chi connectivity index (χ4n) is 4.25. The van der Waals surface area contributed by atoms with Gasteiger partial charge in [0.25, 0.3) is 26.0 Å². The standard InChI is InChI=1S/C27H31N3O6S3/c1-36-22-11-7-20(8-12-22)28-38(32,33)23-13-9-21(10-14-23)29-39(34,35)24-15-16-26(37-2)25(19-24)27(31)30-17-5-3-4-6-18-30/h7-16,19,28-29H,3-6,17-18H2,1-2H3. The highest BCUT2D eigenvalue weighted by atomic mass is 32.2. The Labute approximate surface area is 234 Å². The van der Waals surface area contributed by atoms with Crippen molar-refractivity contribution in [2.45, 2.75) is 40.4 Å². The van der Waals surface area contributed by atoms with Gasteiger partial charge in [-0.05, 0) is 85.8 Å². The third kappa shape index (κ3) is 7.06. The first kappa shape index (κ1) is 28.8. The number of methoxy groups -OCH3 is 1. The van der Waals surface area contributed by atoms with Gasteiger partial charge in [-0.15, -0.1) is 11.8 Å². The summed E-state index contributed by atoms with van der Waals surface area (Å²) in [6, 6.07) is 16.3. The minimum atomic E-state index is -4.04. The molecular formula is C27H31N3O6S3. The van der Waals surface area contributed by atoms with Crippen molar-refractivity contribution < 1.29 is 26.4 Å². The predicted octanol–water partition coefficient (Wildman–Crippen LogP) is 5.03. The smallest absolute Gasteiger partial charge is 0.261 e.